The molecule has 4 nitrogen and oxygen atoms in total. The van der Waals surface area contributed by atoms with Crippen molar-refractivity contribution in [3.8, 4) is 67.3 Å². The van der Waals surface area contributed by atoms with Crippen LogP contribution in [0.1, 0.15) is 222 Å². The van der Waals surface area contributed by atoms with Crippen LogP contribution in [-0.4, -0.2) is 19.9 Å². The molecule has 4 aromatic heterocycles. The maximum absolute atomic E-state index is 9.69. The van der Waals surface area contributed by atoms with Gasteiger partial charge in [0.25, 0.3) is 0 Å². The van der Waals surface area contributed by atoms with Gasteiger partial charge in [-0.05, 0) is 227 Å². The number of fused-ring (bicyclic) bond motifs is 12. The molecule has 1 spiro atoms. The Kier molecular flexibility index (Phi) is 20.9. The van der Waals surface area contributed by atoms with Gasteiger partial charge in [-0.25, -0.2) is 0 Å². The number of nitrogens with zero attached hydrogens (tertiary/aromatic N) is 4. The molecule has 3 aliphatic rings. The van der Waals surface area contributed by atoms with Crippen molar-refractivity contribution in [1.82, 2.24) is 19.9 Å². The van der Waals surface area contributed by atoms with Gasteiger partial charge in [0, 0.05) is 92.4 Å². The molecule has 0 amide bonds. The SMILES string of the molecule is C.C.C.[2H]C([2H])([2H])c1cnc(-c2[c-]cc(C([2H])([2H])[2H])c(-c3ccccc3)c2)cc1C.[2H]C([2H])([2H])c1cnc(-c2[c-]cc(C([2H])([2H])[2H])c(-c3ccccc3)c2)cc1C.[2H]C([2H])([2H])c1cnc(-c2[c-]cc3c4ccccc4c4ccccc4c3c2)cc1C1([2H])CC(C)(C)CC(C)(C)C1.[2H]C([2H])([2H])c1cnc(-c2[c-]cc3c4ccccc4c4ccccc4c3c2)cc1C1([2H])CCC2(CCCCC2)CC1.[Ir].[Ir]. The van der Waals surface area contributed by atoms with Crippen molar-refractivity contribution in [2.24, 2.45) is 16.2 Å². The monoisotopic (exact) mass is 1920 g/mol. The summed E-state index contributed by atoms with van der Waals surface area (Å²) in [5.74, 6) is -1.93. The summed E-state index contributed by atoms with van der Waals surface area (Å²) in [5.41, 5.74) is 11.9. The molecule has 118 heavy (non-hydrogen) atoms. The van der Waals surface area contributed by atoms with Crippen LogP contribution in [-0.2, 0) is 40.2 Å². The van der Waals surface area contributed by atoms with Gasteiger partial charge in [-0.2, -0.15) is 0 Å². The van der Waals surface area contributed by atoms with Crippen LogP contribution in [0.5, 0.6) is 0 Å². The first-order valence-electron chi connectivity index (χ1n) is 49.4. The summed E-state index contributed by atoms with van der Waals surface area (Å²) >= 11 is 0. The molecule has 19 rings (SSSR count). The summed E-state index contributed by atoms with van der Waals surface area (Å²) in [4.78, 5) is 17.9. The van der Waals surface area contributed by atoms with E-state index in [9.17, 15) is 2.74 Å². The molecular weight excluding hydrogens is 1790 g/mol. The third kappa shape index (κ3) is 19.0. The van der Waals surface area contributed by atoms with E-state index in [4.69, 9.17) is 24.7 Å². The topological polar surface area (TPSA) is 51.6 Å². The van der Waals surface area contributed by atoms with Crippen molar-refractivity contribution in [3.63, 3.8) is 0 Å². The van der Waals surface area contributed by atoms with Crippen LogP contribution in [0.2, 0.25) is 0 Å². The zero-order chi connectivity index (χ0) is 95.0. The van der Waals surface area contributed by atoms with Gasteiger partial charge >= 0.3 is 0 Å². The number of pyridine rings is 4. The number of benzene rings is 12. The van der Waals surface area contributed by atoms with Crippen LogP contribution >= 0.6 is 0 Å². The average molecular weight is 1920 g/mol. The Balaban J connectivity index is 0.000000177. The maximum atomic E-state index is 9.69. The standard InChI is InChI=1S/C35H34N.C34H34N.2C20H18N.3CH4.2Ir/c1-24-23-36-34(22-32(24)25-15-19-35(20-16-25)17-7-2-8-18-35)26-13-14-31-29-11-4-3-9-27(29)28-10-5-6-12-30(28)33(31)21-26;1-22-20-35-32(17-30(22)24-18-33(2,3)21-34(4,5)19-24)23-14-15-29-27-12-7-6-10-25(27)26-11-8-9-13-28(26)31(29)16-23;2*1-14-9-10-18(20-11-15(2)16(3)13-21-20)12-19(14)17-7-5-4-6-8-17;;;;;/h3-6,9-12,14,21-23,25H,2,7-8,15-20H2,1H3;6-13,15-17,20,24H,18-19,21H2,1-5H3;2*4-9,11-13H,1-3H3;3*1H4;;/q4*-1;;;;;/i1D3,25D;1D3,24D;2*1D3,3D3;;;;;. The summed E-state index contributed by atoms with van der Waals surface area (Å²) in [7, 11) is 0. The van der Waals surface area contributed by atoms with Gasteiger partial charge in [-0.3, -0.25) is 0 Å². The smallest absolute Gasteiger partial charge is 0.0352 e. The molecule has 3 saturated carbocycles. The minimum atomic E-state index is -2.34. The van der Waals surface area contributed by atoms with Crippen LogP contribution in [0, 0.1) is 95.5 Å². The molecule has 0 atom stereocenters. The quantitative estimate of drug-likeness (QED) is 0.112. The van der Waals surface area contributed by atoms with Gasteiger partial charge in [0.1, 0.15) is 0 Å². The summed E-state index contributed by atoms with van der Waals surface area (Å²) in [6.45, 7) is -1.41. The van der Waals surface area contributed by atoms with E-state index in [2.05, 4.69) is 181 Å². The zero-order valence-electron chi connectivity index (χ0n) is 85.7. The summed E-state index contributed by atoms with van der Waals surface area (Å²) in [6.07, 6.45) is 17.7. The van der Waals surface area contributed by atoms with Gasteiger partial charge in [0.05, 0.1) is 0 Å². The molecule has 12 aromatic carbocycles. The van der Waals surface area contributed by atoms with E-state index in [1.165, 1.54) is 107 Å². The van der Waals surface area contributed by atoms with Crippen molar-refractivity contribution >= 4 is 64.6 Å². The number of hydrogen-bond donors (Lipinski definition) is 0. The molecule has 606 valence electrons. The van der Waals surface area contributed by atoms with Gasteiger partial charge in [-0.1, -0.05) is 320 Å². The normalized spacial score (nSPS) is 18.4. The van der Waals surface area contributed by atoms with Crippen LogP contribution in [0.3, 0.4) is 0 Å². The Bertz CT molecular complexity index is 6820. The molecule has 16 aromatic rings. The fraction of sp³-hybridized carbons (Fsp3) is 0.286. The molecule has 0 bridgehead atoms. The van der Waals surface area contributed by atoms with E-state index in [0.717, 1.165) is 68.4 Å². The Morgan fingerprint density at radius 1 is 0.322 bits per heavy atom. The van der Waals surface area contributed by atoms with Crippen molar-refractivity contribution in [1.29, 1.82) is 0 Å². The molecule has 0 aliphatic heterocycles. The Morgan fingerprint density at radius 2 is 0.636 bits per heavy atom. The first-order chi connectivity index (χ1) is 62.7. The first kappa shape index (κ1) is 65.0. The van der Waals surface area contributed by atoms with Crippen molar-refractivity contribution in [3.05, 3.63) is 335 Å². The van der Waals surface area contributed by atoms with E-state index in [1.807, 2.05) is 84.9 Å². The van der Waals surface area contributed by atoms with Crippen LogP contribution in [0.15, 0.2) is 255 Å². The predicted octanol–water partition coefficient (Wildman–Crippen LogP) is 31.7. The molecule has 3 aliphatic carbocycles. The van der Waals surface area contributed by atoms with Crippen molar-refractivity contribution in [2.45, 2.75) is 194 Å². The minimum absolute atomic E-state index is 0. The first-order valence-corrected chi connectivity index (χ1v) is 39.4. The molecular formula is C112H116Ir2N4-4. The molecule has 0 N–H and O–H groups in total. The second kappa shape index (κ2) is 38.0. The van der Waals surface area contributed by atoms with Gasteiger partial charge < -0.3 is 19.9 Å². The predicted molar refractivity (Wildman–Crippen MR) is 499 cm³/mol. The third-order valence-electron chi connectivity index (χ3n) is 23.5. The van der Waals surface area contributed by atoms with Gasteiger partial charge in [0.2, 0.25) is 0 Å². The van der Waals surface area contributed by atoms with E-state index < -0.39 is 52.9 Å². The van der Waals surface area contributed by atoms with E-state index >= 15 is 0 Å². The van der Waals surface area contributed by atoms with Gasteiger partial charge in [0.15, 0.2) is 0 Å². The molecule has 3 fully saturated rings. The maximum Gasteiger partial charge on any atom is 0.0352 e. The summed E-state index contributed by atoms with van der Waals surface area (Å²) in [5, 5.41) is 14.0. The van der Waals surface area contributed by atoms with E-state index in [0.29, 0.717) is 98.4 Å². The second-order valence-electron chi connectivity index (χ2n) is 32.7. The van der Waals surface area contributed by atoms with E-state index in [1.54, 1.807) is 38.1 Å². The Labute approximate surface area is 760 Å². The molecule has 0 saturated heterocycles. The number of aromatic nitrogens is 4. The van der Waals surface area contributed by atoms with Crippen LogP contribution in [0.4, 0.5) is 0 Å². The molecule has 0 unspecified atom stereocenters. The van der Waals surface area contributed by atoms with E-state index in [-0.39, 0.29) is 107 Å². The fourth-order valence-corrected chi connectivity index (χ4v) is 18.2. The zero-order valence-corrected chi connectivity index (χ0v) is 70.5. The van der Waals surface area contributed by atoms with Crippen LogP contribution < -0.4 is 0 Å². The Morgan fingerprint density at radius 3 is 1.00 bits per heavy atom. The second-order valence-corrected chi connectivity index (χ2v) is 32.7. The largest absolute Gasteiger partial charge is 0.304 e. The number of hydrogen-bond acceptors (Lipinski definition) is 4. The summed E-state index contributed by atoms with van der Waals surface area (Å²) in [6, 6.07) is 87.2. The molecule has 6 heteroatoms. The number of aryl methyl sites for hydroxylation is 8. The van der Waals surface area contributed by atoms with Crippen molar-refractivity contribution < 1.29 is 67.6 Å². The minimum Gasteiger partial charge on any atom is -0.304 e. The Hall–Kier alpha value is -9.90. The summed E-state index contributed by atoms with van der Waals surface area (Å²) < 4.78 is 161. The van der Waals surface area contributed by atoms with Crippen molar-refractivity contribution in [2.75, 3.05) is 0 Å². The fourth-order valence-electron chi connectivity index (χ4n) is 18.2. The van der Waals surface area contributed by atoms with Gasteiger partial charge in [-0.15, -0.1) is 106 Å². The average Bonchev–Trinajstić information content (AvgIpc) is 0.738. The molecule has 2 radical (unpaired) electrons. The van der Waals surface area contributed by atoms with Crippen LogP contribution in [0.25, 0.3) is 132 Å². The third-order valence-corrected chi connectivity index (χ3v) is 23.5. The molecule has 4 heterocycles. The number of rotatable bonds is 8.